The van der Waals surface area contributed by atoms with E-state index in [2.05, 4.69) is 10.0 Å². The molecule has 0 unspecified atom stereocenters. The fourth-order valence-corrected chi connectivity index (χ4v) is 2.16. The Labute approximate surface area is 92.5 Å². The molecule has 0 aliphatic heterocycles. The molecule has 0 aliphatic rings. The van der Waals surface area contributed by atoms with E-state index in [1.807, 2.05) is 0 Å². The summed E-state index contributed by atoms with van der Waals surface area (Å²) in [6.45, 7) is 4.47. The van der Waals surface area contributed by atoms with Gasteiger partial charge in [-0.1, -0.05) is 10.8 Å². The van der Waals surface area contributed by atoms with Crippen LogP contribution in [0, 0.1) is 0 Å². The number of carbonyl (C=O) groups is 2. The van der Waals surface area contributed by atoms with Gasteiger partial charge in [-0.2, -0.15) is 0 Å². The lowest BCUT2D eigenvalue weighted by Crippen LogP contribution is -2.22. The summed E-state index contributed by atoms with van der Waals surface area (Å²) in [5, 5.41) is 2.70. The molecule has 0 saturated heterocycles. The average Bonchev–Trinajstić information content (AvgIpc) is 2.08. The van der Waals surface area contributed by atoms with E-state index >= 15 is 0 Å². The topological polar surface area (TPSA) is 58.2 Å². The van der Waals surface area contributed by atoms with Crippen LogP contribution in [-0.4, -0.2) is 30.5 Å². The van der Waals surface area contributed by atoms with Crippen molar-refractivity contribution in [3.05, 3.63) is 0 Å². The van der Waals surface area contributed by atoms with E-state index in [1.165, 1.54) is 17.9 Å². The molecule has 0 aromatic heterocycles. The Hall–Kier alpha value is -0.200. The van der Waals surface area contributed by atoms with Crippen molar-refractivity contribution >= 4 is 33.5 Å². The van der Waals surface area contributed by atoms with Crippen LogP contribution in [0.15, 0.2) is 0 Å². The number of nitrogens with one attached hydrogen (secondary N) is 2. The summed E-state index contributed by atoms with van der Waals surface area (Å²) in [6, 6.07) is 0. The van der Waals surface area contributed by atoms with Gasteiger partial charge in [-0.05, 0) is 17.9 Å². The van der Waals surface area contributed by atoms with Crippen LogP contribution in [0.1, 0.15) is 20.3 Å². The van der Waals surface area contributed by atoms with E-state index in [0.717, 1.165) is 5.75 Å². The van der Waals surface area contributed by atoms with Gasteiger partial charge in [0.25, 0.3) is 0 Å². The van der Waals surface area contributed by atoms with Gasteiger partial charge < -0.3 is 5.32 Å². The number of amides is 1. The number of hydrogen-bond donors (Lipinski definition) is 2. The van der Waals surface area contributed by atoms with Crippen LogP contribution in [0.4, 0.5) is 0 Å². The van der Waals surface area contributed by atoms with Gasteiger partial charge >= 0.3 is 0 Å². The molecule has 14 heavy (non-hydrogen) atoms. The van der Waals surface area contributed by atoms with Crippen molar-refractivity contribution in [3.63, 3.8) is 0 Å². The van der Waals surface area contributed by atoms with Crippen molar-refractivity contribution < 1.29 is 9.59 Å². The summed E-state index contributed by atoms with van der Waals surface area (Å²) in [4.78, 5) is 21.0. The van der Waals surface area contributed by atoms with Gasteiger partial charge in [-0.3, -0.25) is 14.3 Å². The highest BCUT2D eigenvalue weighted by Gasteiger charge is 1.94. The van der Waals surface area contributed by atoms with Crippen molar-refractivity contribution in [3.8, 4) is 0 Å². The number of ketones is 1. The smallest absolute Gasteiger partial charge is 0.216 e. The average molecular weight is 236 g/mol. The van der Waals surface area contributed by atoms with Gasteiger partial charge in [-0.15, -0.1) is 0 Å². The van der Waals surface area contributed by atoms with Crippen LogP contribution >= 0.6 is 21.8 Å². The van der Waals surface area contributed by atoms with Crippen LogP contribution < -0.4 is 10.0 Å². The monoisotopic (exact) mass is 236 g/mol. The molecule has 2 N–H and O–H groups in total. The first-order chi connectivity index (χ1) is 6.63. The lowest BCUT2D eigenvalue weighted by molar-refractivity contribution is -0.119. The Balaban J connectivity index is 2.99. The minimum Gasteiger partial charge on any atom is -0.355 e. The van der Waals surface area contributed by atoms with Gasteiger partial charge in [0.1, 0.15) is 5.78 Å². The van der Waals surface area contributed by atoms with E-state index < -0.39 is 0 Å². The second kappa shape index (κ2) is 9.36. The molecule has 4 nitrogen and oxygen atoms in total. The molecule has 0 spiro atoms. The van der Waals surface area contributed by atoms with Crippen molar-refractivity contribution in [1.29, 1.82) is 0 Å². The number of Topliss-reactive ketones (excluding diaryl/α,β-unsaturated/α-hetero) is 1. The van der Waals surface area contributed by atoms with Gasteiger partial charge in [-0.25, -0.2) is 0 Å². The predicted octanol–water partition coefficient (Wildman–Crippen LogP) is 0.988. The Morgan fingerprint density at radius 3 is 2.50 bits per heavy atom. The maximum Gasteiger partial charge on any atom is 0.216 e. The molecule has 0 radical (unpaired) electrons. The Kier molecular flexibility index (Phi) is 9.23. The third-order valence-electron chi connectivity index (χ3n) is 1.26. The highest BCUT2D eigenvalue weighted by molar-refractivity contribution is 8.76. The fraction of sp³-hybridized carbons (Fsp3) is 0.750. The first-order valence-corrected chi connectivity index (χ1v) is 6.70. The van der Waals surface area contributed by atoms with Gasteiger partial charge in [0.15, 0.2) is 0 Å². The summed E-state index contributed by atoms with van der Waals surface area (Å²) in [5.74, 6) is 1.05. The molecule has 0 rings (SSSR count). The van der Waals surface area contributed by atoms with Crippen LogP contribution in [-0.2, 0) is 9.59 Å². The summed E-state index contributed by atoms with van der Waals surface area (Å²) < 4.78 is 3.05. The molecule has 0 aromatic carbocycles. The summed E-state index contributed by atoms with van der Waals surface area (Å²) in [7, 11) is 3.14. The molecular formula is C8H16N2O2S2. The maximum atomic E-state index is 10.6. The molecule has 0 bridgehead atoms. The zero-order valence-electron chi connectivity index (χ0n) is 8.46. The van der Waals surface area contributed by atoms with E-state index in [1.54, 1.807) is 17.7 Å². The minimum atomic E-state index is 0.000129. The number of carbonyl (C=O) groups excluding carboxylic acids is 2. The number of hydrogen-bond acceptors (Lipinski definition) is 5. The first kappa shape index (κ1) is 13.8. The largest absolute Gasteiger partial charge is 0.355 e. The second-order valence-corrected chi connectivity index (χ2v) is 5.04. The van der Waals surface area contributed by atoms with E-state index in [-0.39, 0.29) is 11.7 Å². The highest BCUT2D eigenvalue weighted by atomic mass is 33.1. The van der Waals surface area contributed by atoms with Crippen LogP contribution in [0.3, 0.4) is 0 Å². The Bertz CT molecular complexity index is 168. The maximum absolute atomic E-state index is 10.6. The summed E-state index contributed by atoms with van der Waals surface area (Å²) >= 11 is 0. The normalized spacial score (nSPS) is 9.86. The van der Waals surface area contributed by atoms with E-state index in [9.17, 15) is 9.59 Å². The van der Waals surface area contributed by atoms with Crippen LogP contribution in [0.25, 0.3) is 0 Å². The molecule has 0 fully saturated rings. The Morgan fingerprint density at radius 1 is 1.21 bits per heavy atom. The zero-order valence-corrected chi connectivity index (χ0v) is 10.1. The van der Waals surface area contributed by atoms with Crippen molar-refractivity contribution in [1.82, 2.24) is 10.0 Å². The molecule has 0 aliphatic carbocycles. The highest BCUT2D eigenvalue weighted by Crippen LogP contribution is 2.15. The molecule has 0 saturated carbocycles. The lowest BCUT2D eigenvalue weighted by atomic mass is 10.3. The lowest BCUT2D eigenvalue weighted by Gasteiger charge is -2.02. The van der Waals surface area contributed by atoms with Gasteiger partial charge in [0.2, 0.25) is 5.91 Å². The molecule has 0 aromatic rings. The number of rotatable bonds is 8. The third kappa shape index (κ3) is 11.8. The van der Waals surface area contributed by atoms with Crippen molar-refractivity contribution in [2.24, 2.45) is 0 Å². The standard InChI is InChI=1S/C8H16N2O2S2/c1-7(11)3-4-10-14-13-6-5-9-8(2)12/h10H,3-6H2,1-2H3,(H,9,12). The molecule has 82 valence electrons. The van der Waals surface area contributed by atoms with Gasteiger partial charge in [0, 0.05) is 32.2 Å². The Morgan fingerprint density at radius 2 is 1.93 bits per heavy atom. The van der Waals surface area contributed by atoms with E-state index in [0.29, 0.717) is 19.5 Å². The molecule has 0 heterocycles. The SMILES string of the molecule is CC(=O)CCNSSCCNC(C)=O. The third-order valence-corrected chi connectivity index (χ3v) is 3.27. The van der Waals surface area contributed by atoms with Crippen molar-refractivity contribution in [2.75, 3.05) is 18.8 Å². The van der Waals surface area contributed by atoms with Crippen molar-refractivity contribution in [2.45, 2.75) is 20.3 Å². The summed E-state index contributed by atoms with van der Waals surface area (Å²) in [5.41, 5.74) is 0. The van der Waals surface area contributed by atoms with E-state index in [4.69, 9.17) is 0 Å². The predicted molar refractivity (Wildman–Crippen MR) is 62.0 cm³/mol. The minimum absolute atomic E-state index is 0.000129. The zero-order chi connectivity index (χ0) is 10.8. The molecule has 1 amide bonds. The fourth-order valence-electron chi connectivity index (χ4n) is 0.621. The summed E-state index contributed by atoms with van der Waals surface area (Å²) in [6.07, 6.45) is 0.569. The van der Waals surface area contributed by atoms with Crippen LogP contribution in [0.2, 0.25) is 0 Å². The van der Waals surface area contributed by atoms with Gasteiger partial charge in [0.05, 0.1) is 0 Å². The molecular weight excluding hydrogens is 220 g/mol. The first-order valence-electron chi connectivity index (χ1n) is 4.38. The molecule has 6 heteroatoms. The molecule has 0 atom stereocenters. The van der Waals surface area contributed by atoms with Crippen LogP contribution in [0.5, 0.6) is 0 Å². The quantitative estimate of drug-likeness (QED) is 0.374. The second-order valence-electron chi connectivity index (χ2n) is 2.73.